The molecule has 0 heterocycles. The summed E-state index contributed by atoms with van der Waals surface area (Å²) in [5, 5.41) is 0. The van der Waals surface area contributed by atoms with E-state index in [9.17, 15) is 4.79 Å². The van der Waals surface area contributed by atoms with Gasteiger partial charge in [-0.2, -0.15) is 0 Å². The van der Waals surface area contributed by atoms with E-state index < -0.39 is 0 Å². The quantitative estimate of drug-likeness (QED) is 0.722. The Balaban J connectivity index is 1.61. The fourth-order valence-corrected chi connectivity index (χ4v) is 6.95. The van der Waals surface area contributed by atoms with Crippen molar-refractivity contribution in [3.05, 3.63) is 0 Å². The Morgan fingerprint density at radius 1 is 1.05 bits per heavy atom. The first-order chi connectivity index (χ1) is 10.1. The number of fused-ring (bicyclic) bond motifs is 5. The molecule has 4 aliphatic carbocycles. The number of carbonyl (C=O) groups is 1. The summed E-state index contributed by atoms with van der Waals surface area (Å²) in [7, 11) is 1.83. The molecule has 0 N–H and O–H groups in total. The van der Waals surface area contributed by atoms with Gasteiger partial charge in [0.05, 0.1) is 6.10 Å². The first-order valence-corrected chi connectivity index (χ1v) is 9.17. The van der Waals surface area contributed by atoms with Gasteiger partial charge in [0.15, 0.2) is 0 Å². The number of ketones is 1. The molecule has 4 saturated carbocycles. The van der Waals surface area contributed by atoms with E-state index in [4.69, 9.17) is 4.74 Å². The number of hydrogen-bond acceptors (Lipinski definition) is 2. The van der Waals surface area contributed by atoms with Gasteiger partial charge < -0.3 is 4.74 Å². The summed E-state index contributed by atoms with van der Waals surface area (Å²) in [4.78, 5) is 12.0. The van der Waals surface area contributed by atoms with Crippen molar-refractivity contribution in [1.29, 1.82) is 0 Å². The predicted molar refractivity (Wildman–Crippen MR) is 82.9 cm³/mol. The van der Waals surface area contributed by atoms with Crippen LogP contribution in [0.4, 0.5) is 0 Å². The highest BCUT2D eigenvalue weighted by molar-refractivity contribution is 5.80. The van der Waals surface area contributed by atoms with Crippen molar-refractivity contribution >= 4 is 5.78 Å². The maximum absolute atomic E-state index is 12.0. The molecule has 0 amide bonds. The van der Waals surface area contributed by atoms with Crippen molar-refractivity contribution in [3.8, 4) is 0 Å². The van der Waals surface area contributed by atoms with Crippen molar-refractivity contribution < 1.29 is 9.53 Å². The topological polar surface area (TPSA) is 26.3 Å². The molecule has 0 saturated heterocycles. The molecule has 0 radical (unpaired) electrons. The van der Waals surface area contributed by atoms with Crippen molar-refractivity contribution in [2.45, 2.75) is 70.8 Å². The van der Waals surface area contributed by atoms with E-state index in [2.05, 4.69) is 6.92 Å². The molecule has 0 spiro atoms. The lowest BCUT2D eigenvalue weighted by atomic mass is 9.50. The van der Waals surface area contributed by atoms with Crippen molar-refractivity contribution in [2.24, 2.45) is 35.0 Å². The smallest absolute Gasteiger partial charge is 0.135 e. The van der Waals surface area contributed by atoms with E-state index in [0.717, 1.165) is 24.2 Å². The van der Waals surface area contributed by atoms with Crippen molar-refractivity contribution in [2.75, 3.05) is 7.11 Å². The largest absolute Gasteiger partial charge is 0.381 e. The van der Waals surface area contributed by atoms with E-state index in [1.807, 2.05) is 7.11 Å². The molecule has 2 heteroatoms. The molecular weight excluding hydrogens is 260 g/mol. The van der Waals surface area contributed by atoms with E-state index in [1.54, 1.807) is 0 Å². The Labute approximate surface area is 129 Å². The lowest BCUT2D eigenvalue weighted by Crippen LogP contribution is -2.52. The van der Waals surface area contributed by atoms with Crippen LogP contribution in [0.25, 0.3) is 0 Å². The lowest BCUT2D eigenvalue weighted by molar-refractivity contribution is -0.142. The average molecular weight is 290 g/mol. The molecule has 4 fully saturated rings. The SMILES string of the molecule is COC1CC(=O)C[C@H]2CC[C@@H]3[C@H](CC[C@]4(C)CCC[C@@H]34)[C@@H]12. The molecular formula is C19H30O2. The zero-order valence-electron chi connectivity index (χ0n) is 13.6. The van der Waals surface area contributed by atoms with Crippen LogP contribution in [0.5, 0.6) is 0 Å². The molecule has 4 rings (SSSR count). The van der Waals surface area contributed by atoms with Crippen LogP contribution in [0.15, 0.2) is 0 Å². The Morgan fingerprint density at radius 2 is 1.90 bits per heavy atom. The first-order valence-electron chi connectivity index (χ1n) is 9.17. The maximum atomic E-state index is 12.0. The predicted octanol–water partition coefficient (Wildman–Crippen LogP) is 4.22. The molecule has 118 valence electrons. The third kappa shape index (κ3) is 2.12. The minimum atomic E-state index is 0.217. The molecule has 2 nitrogen and oxygen atoms in total. The van der Waals surface area contributed by atoms with E-state index >= 15 is 0 Å². The molecule has 1 unspecified atom stereocenters. The highest BCUT2D eigenvalue weighted by Crippen LogP contribution is 2.62. The van der Waals surface area contributed by atoms with Gasteiger partial charge in [-0.1, -0.05) is 13.3 Å². The fraction of sp³-hybridized carbons (Fsp3) is 0.947. The van der Waals surface area contributed by atoms with Gasteiger partial charge in [0.25, 0.3) is 0 Å². The summed E-state index contributed by atoms with van der Waals surface area (Å²) < 4.78 is 5.80. The first kappa shape index (κ1) is 14.2. The van der Waals surface area contributed by atoms with E-state index in [1.165, 1.54) is 44.9 Å². The van der Waals surface area contributed by atoms with Gasteiger partial charge in [-0.3, -0.25) is 4.79 Å². The van der Waals surface area contributed by atoms with Crippen LogP contribution in [-0.2, 0) is 9.53 Å². The summed E-state index contributed by atoms with van der Waals surface area (Å²) in [6, 6.07) is 0. The number of Topliss-reactive ketones (excluding diaryl/α,β-unsaturated/α-hetero) is 1. The number of hydrogen-bond donors (Lipinski definition) is 0. The second-order valence-corrected chi connectivity index (χ2v) is 8.65. The van der Waals surface area contributed by atoms with Gasteiger partial charge in [-0.25, -0.2) is 0 Å². The van der Waals surface area contributed by atoms with Crippen LogP contribution in [0.3, 0.4) is 0 Å². The minimum Gasteiger partial charge on any atom is -0.381 e. The summed E-state index contributed by atoms with van der Waals surface area (Å²) >= 11 is 0. The minimum absolute atomic E-state index is 0.217. The van der Waals surface area contributed by atoms with Gasteiger partial charge >= 0.3 is 0 Å². The van der Waals surface area contributed by atoms with Crippen LogP contribution < -0.4 is 0 Å². The van der Waals surface area contributed by atoms with Crippen LogP contribution in [0.1, 0.15) is 64.7 Å². The lowest BCUT2D eigenvalue weighted by Gasteiger charge is -2.56. The average Bonchev–Trinajstić information content (AvgIpc) is 2.87. The fourth-order valence-electron chi connectivity index (χ4n) is 6.95. The van der Waals surface area contributed by atoms with Crippen LogP contribution in [-0.4, -0.2) is 19.0 Å². The van der Waals surface area contributed by atoms with Gasteiger partial charge in [-0.15, -0.1) is 0 Å². The Bertz CT molecular complexity index is 421. The highest BCUT2D eigenvalue weighted by Gasteiger charge is 2.55. The van der Waals surface area contributed by atoms with E-state index in [0.29, 0.717) is 29.5 Å². The summed E-state index contributed by atoms with van der Waals surface area (Å²) in [6.07, 6.45) is 11.6. The summed E-state index contributed by atoms with van der Waals surface area (Å²) in [5.41, 5.74) is 0.640. The Kier molecular flexibility index (Phi) is 3.44. The highest BCUT2D eigenvalue weighted by atomic mass is 16.5. The van der Waals surface area contributed by atoms with Crippen LogP contribution >= 0.6 is 0 Å². The number of carbonyl (C=O) groups excluding carboxylic acids is 1. The van der Waals surface area contributed by atoms with Crippen molar-refractivity contribution in [3.63, 3.8) is 0 Å². The van der Waals surface area contributed by atoms with Gasteiger partial charge in [0.2, 0.25) is 0 Å². The summed E-state index contributed by atoms with van der Waals surface area (Å²) in [5.74, 6) is 4.49. The second kappa shape index (κ2) is 5.08. The third-order valence-corrected chi connectivity index (χ3v) is 7.83. The van der Waals surface area contributed by atoms with Gasteiger partial charge in [0, 0.05) is 20.0 Å². The molecule has 0 aromatic rings. The standard InChI is InChI=1S/C19H30O2/c1-19-8-3-4-16(19)14-6-5-12-10-13(20)11-17(21-2)18(12)15(14)7-9-19/h12,14-18H,3-11H2,1-2H3/t12-,14-,15+,16+,17?,18+,19+/m1/s1. The van der Waals surface area contributed by atoms with Gasteiger partial charge in [-0.05, 0) is 73.5 Å². The number of methoxy groups -OCH3 is 1. The zero-order valence-corrected chi connectivity index (χ0v) is 13.6. The van der Waals surface area contributed by atoms with Crippen molar-refractivity contribution in [1.82, 2.24) is 0 Å². The molecule has 0 aliphatic heterocycles. The second-order valence-electron chi connectivity index (χ2n) is 8.65. The molecule has 0 aromatic heterocycles. The zero-order chi connectivity index (χ0) is 14.6. The van der Waals surface area contributed by atoms with Crippen LogP contribution in [0.2, 0.25) is 0 Å². The third-order valence-electron chi connectivity index (χ3n) is 7.83. The van der Waals surface area contributed by atoms with E-state index in [-0.39, 0.29) is 6.10 Å². The molecule has 0 aromatic carbocycles. The van der Waals surface area contributed by atoms with Gasteiger partial charge in [0.1, 0.15) is 5.78 Å². The number of rotatable bonds is 1. The monoisotopic (exact) mass is 290 g/mol. The molecule has 7 atom stereocenters. The molecule has 0 bridgehead atoms. The maximum Gasteiger partial charge on any atom is 0.135 e. The van der Waals surface area contributed by atoms with Crippen LogP contribution in [0, 0.1) is 35.0 Å². The Hall–Kier alpha value is -0.370. The molecule has 21 heavy (non-hydrogen) atoms. The molecule has 4 aliphatic rings. The number of ether oxygens (including phenoxy) is 1. The Morgan fingerprint density at radius 3 is 2.71 bits per heavy atom. The summed E-state index contributed by atoms with van der Waals surface area (Å²) in [6.45, 7) is 2.56. The normalized spacial score (nSPS) is 53.0.